The monoisotopic (exact) mass is 519 g/mol. The van der Waals surface area contributed by atoms with Crippen LogP contribution >= 0.6 is 11.3 Å². The average molecular weight is 520 g/mol. The highest BCUT2D eigenvalue weighted by atomic mass is 32.1. The number of carbonyl (C=O) groups excluding carboxylic acids is 2. The van der Waals surface area contributed by atoms with E-state index in [0.717, 1.165) is 22.4 Å². The van der Waals surface area contributed by atoms with E-state index in [9.17, 15) is 9.59 Å². The van der Waals surface area contributed by atoms with Crippen LogP contribution in [0.1, 0.15) is 36.9 Å². The molecule has 0 saturated heterocycles. The maximum absolute atomic E-state index is 13.2. The van der Waals surface area contributed by atoms with Crippen LogP contribution in [0.15, 0.2) is 48.8 Å². The smallest absolute Gasteiger partial charge is 0.270 e. The number of aryl methyl sites for hydroxylation is 1. The lowest BCUT2D eigenvalue weighted by atomic mass is 10.0. The standard InChI is InChI=1S/C27H29N5O4S/c1-5-35-14-6-13-32-19-16-21-20(31(4)25(34)27(2,3)36-21)15-18(19)29-26(32)30-24(33)23-8-7-22(37-23)17-9-11-28-12-10-17/h7-12,15-16H,5-6,13-14H2,1-4H3,(H,29,30,33). The molecular weight excluding hydrogens is 490 g/mol. The van der Waals surface area contributed by atoms with Gasteiger partial charge in [0.05, 0.1) is 21.6 Å². The molecule has 1 N–H and O–H groups in total. The minimum atomic E-state index is -0.974. The van der Waals surface area contributed by atoms with Crippen LogP contribution in [-0.4, -0.2) is 52.2 Å². The molecule has 3 aromatic heterocycles. The molecule has 0 fully saturated rings. The summed E-state index contributed by atoms with van der Waals surface area (Å²) in [5, 5.41) is 3.00. The Morgan fingerprint density at radius 2 is 1.97 bits per heavy atom. The highest BCUT2D eigenvalue weighted by Gasteiger charge is 2.39. The fraction of sp³-hybridized carbons (Fsp3) is 0.333. The second kappa shape index (κ2) is 9.95. The van der Waals surface area contributed by atoms with Crippen LogP contribution in [0.25, 0.3) is 21.5 Å². The number of thiophene rings is 1. The van der Waals surface area contributed by atoms with Crippen LogP contribution < -0.4 is 15.0 Å². The highest BCUT2D eigenvalue weighted by molar-refractivity contribution is 7.17. The Balaban J connectivity index is 1.49. The third-order valence-electron chi connectivity index (χ3n) is 6.27. The van der Waals surface area contributed by atoms with E-state index in [2.05, 4.69) is 10.3 Å². The average Bonchev–Trinajstić information content (AvgIpc) is 3.50. The van der Waals surface area contributed by atoms with Gasteiger partial charge in [0.15, 0.2) is 5.60 Å². The van der Waals surface area contributed by atoms with Crippen LogP contribution in [0.2, 0.25) is 0 Å². The summed E-state index contributed by atoms with van der Waals surface area (Å²) < 4.78 is 13.6. The number of hydrogen-bond acceptors (Lipinski definition) is 7. The number of imidazole rings is 1. The molecule has 10 heteroatoms. The first-order valence-corrected chi connectivity index (χ1v) is 13.0. The number of nitrogens with one attached hydrogen (secondary N) is 1. The van der Waals surface area contributed by atoms with E-state index < -0.39 is 5.60 Å². The van der Waals surface area contributed by atoms with Gasteiger partial charge >= 0.3 is 0 Å². The number of ether oxygens (including phenoxy) is 2. The Bertz CT molecular complexity index is 1460. The van der Waals surface area contributed by atoms with Gasteiger partial charge in [-0.1, -0.05) is 0 Å². The summed E-state index contributed by atoms with van der Waals surface area (Å²) in [5.74, 6) is 0.669. The van der Waals surface area contributed by atoms with Crippen LogP contribution in [0.4, 0.5) is 11.6 Å². The molecule has 0 atom stereocenters. The first-order valence-electron chi connectivity index (χ1n) is 12.2. The lowest BCUT2D eigenvalue weighted by Gasteiger charge is -2.36. The number of rotatable bonds is 8. The number of carbonyl (C=O) groups is 2. The third kappa shape index (κ3) is 4.82. The largest absolute Gasteiger partial charge is 0.476 e. The second-order valence-electron chi connectivity index (χ2n) is 9.28. The number of amides is 2. The summed E-state index contributed by atoms with van der Waals surface area (Å²) in [6.07, 6.45) is 4.21. The van der Waals surface area contributed by atoms with E-state index in [0.29, 0.717) is 47.5 Å². The van der Waals surface area contributed by atoms with Gasteiger partial charge in [-0.2, -0.15) is 0 Å². The zero-order valence-corrected chi connectivity index (χ0v) is 22.1. The van der Waals surface area contributed by atoms with Gasteiger partial charge in [0.1, 0.15) is 5.75 Å². The Morgan fingerprint density at radius 1 is 1.19 bits per heavy atom. The minimum absolute atomic E-state index is 0.133. The number of nitrogens with zero attached hydrogens (tertiary/aromatic N) is 4. The van der Waals surface area contributed by atoms with Crippen LogP contribution in [0, 0.1) is 0 Å². The van der Waals surface area contributed by atoms with Crippen molar-refractivity contribution in [2.45, 2.75) is 39.3 Å². The van der Waals surface area contributed by atoms with Gasteiger partial charge in [-0.3, -0.25) is 19.9 Å². The predicted molar refractivity (Wildman–Crippen MR) is 144 cm³/mol. The van der Waals surface area contributed by atoms with E-state index in [4.69, 9.17) is 14.5 Å². The number of aromatic nitrogens is 3. The lowest BCUT2D eigenvalue weighted by Crippen LogP contribution is -2.50. The van der Waals surface area contributed by atoms with Crippen molar-refractivity contribution in [2.24, 2.45) is 0 Å². The van der Waals surface area contributed by atoms with Gasteiger partial charge in [0.25, 0.3) is 11.8 Å². The quantitative estimate of drug-likeness (QED) is 0.330. The van der Waals surface area contributed by atoms with Gasteiger partial charge in [-0.05, 0) is 63.1 Å². The van der Waals surface area contributed by atoms with Crippen molar-refractivity contribution in [1.82, 2.24) is 14.5 Å². The molecule has 1 aromatic carbocycles. The Hall–Kier alpha value is -3.76. The van der Waals surface area contributed by atoms with Crippen molar-refractivity contribution < 1.29 is 19.1 Å². The van der Waals surface area contributed by atoms with E-state index in [-0.39, 0.29) is 11.8 Å². The fourth-order valence-corrected chi connectivity index (χ4v) is 5.31. The van der Waals surface area contributed by atoms with E-state index in [1.54, 1.807) is 38.2 Å². The minimum Gasteiger partial charge on any atom is -0.476 e. The van der Waals surface area contributed by atoms with Gasteiger partial charge < -0.3 is 18.9 Å². The predicted octanol–water partition coefficient (Wildman–Crippen LogP) is 4.97. The Morgan fingerprint density at radius 3 is 2.73 bits per heavy atom. The SMILES string of the molecule is CCOCCCn1c(NC(=O)c2ccc(-c3ccncc3)s2)nc2cc3c(cc21)OC(C)(C)C(=O)N3C. The van der Waals surface area contributed by atoms with Gasteiger partial charge in [0, 0.05) is 50.1 Å². The summed E-state index contributed by atoms with van der Waals surface area (Å²) in [6.45, 7) is 7.30. The number of hydrogen-bond donors (Lipinski definition) is 1. The molecule has 0 saturated carbocycles. The van der Waals surface area contributed by atoms with Crippen molar-refractivity contribution in [2.75, 3.05) is 30.5 Å². The number of fused-ring (bicyclic) bond motifs is 2. The van der Waals surface area contributed by atoms with Crippen molar-refractivity contribution >= 4 is 45.8 Å². The van der Waals surface area contributed by atoms with Crippen LogP contribution in [0.3, 0.4) is 0 Å². The van der Waals surface area contributed by atoms with Crippen LogP contribution in [0.5, 0.6) is 5.75 Å². The maximum atomic E-state index is 13.2. The second-order valence-corrected chi connectivity index (χ2v) is 10.4. The molecule has 9 nitrogen and oxygen atoms in total. The molecule has 0 aliphatic carbocycles. The number of likely N-dealkylation sites (N-methyl/N-ethyl adjacent to an activating group) is 1. The Labute approximate surface area is 219 Å². The van der Waals surface area contributed by atoms with Crippen molar-refractivity contribution in [1.29, 1.82) is 0 Å². The summed E-state index contributed by atoms with van der Waals surface area (Å²) in [5.41, 5.74) is 2.16. The first kappa shape index (κ1) is 24.9. The zero-order valence-electron chi connectivity index (χ0n) is 21.3. The van der Waals surface area contributed by atoms with Crippen molar-refractivity contribution in [3.8, 4) is 16.2 Å². The maximum Gasteiger partial charge on any atom is 0.270 e. The molecule has 0 unspecified atom stereocenters. The fourth-order valence-electron chi connectivity index (χ4n) is 4.40. The van der Waals surface area contributed by atoms with Crippen molar-refractivity contribution in [3.63, 3.8) is 0 Å². The summed E-state index contributed by atoms with van der Waals surface area (Å²) in [7, 11) is 1.73. The summed E-state index contributed by atoms with van der Waals surface area (Å²) in [4.78, 5) is 37.9. The molecule has 1 aliphatic rings. The number of anilines is 2. The number of pyridine rings is 1. The Kier molecular flexibility index (Phi) is 6.70. The molecule has 4 aromatic rings. The molecule has 5 rings (SSSR count). The summed E-state index contributed by atoms with van der Waals surface area (Å²) in [6, 6.07) is 11.3. The molecule has 37 heavy (non-hydrogen) atoms. The van der Waals surface area contributed by atoms with Gasteiger partial charge in [0.2, 0.25) is 5.95 Å². The molecule has 192 valence electrons. The van der Waals surface area contributed by atoms with E-state index in [1.807, 2.05) is 47.9 Å². The normalized spacial score (nSPS) is 14.5. The lowest BCUT2D eigenvalue weighted by molar-refractivity contribution is -0.132. The van der Waals surface area contributed by atoms with Crippen LogP contribution in [-0.2, 0) is 16.1 Å². The molecule has 4 heterocycles. The molecule has 2 amide bonds. The van der Waals surface area contributed by atoms with Gasteiger partial charge in [-0.15, -0.1) is 11.3 Å². The summed E-state index contributed by atoms with van der Waals surface area (Å²) >= 11 is 1.41. The van der Waals surface area contributed by atoms with Gasteiger partial charge in [-0.25, -0.2) is 4.98 Å². The van der Waals surface area contributed by atoms with E-state index >= 15 is 0 Å². The van der Waals surface area contributed by atoms with E-state index in [1.165, 1.54) is 11.3 Å². The molecule has 0 radical (unpaired) electrons. The van der Waals surface area contributed by atoms with Crippen molar-refractivity contribution in [3.05, 3.63) is 53.7 Å². The number of benzene rings is 1. The zero-order chi connectivity index (χ0) is 26.2. The topological polar surface area (TPSA) is 98.6 Å². The molecule has 1 aliphatic heterocycles. The first-order chi connectivity index (χ1) is 17.8. The molecule has 0 spiro atoms. The third-order valence-corrected chi connectivity index (χ3v) is 7.40. The molecule has 0 bridgehead atoms. The molecular formula is C27H29N5O4S. The highest BCUT2D eigenvalue weighted by Crippen LogP contribution is 2.40.